The first-order chi connectivity index (χ1) is 8.94. The van der Waals surface area contributed by atoms with E-state index < -0.39 is 0 Å². The minimum absolute atomic E-state index is 0.131. The second-order valence-electron chi connectivity index (χ2n) is 6.76. The minimum Gasteiger partial charge on any atom is -0.350 e. The van der Waals surface area contributed by atoms with Crippen LogP contribution in [0.5, 0.6) is 0 Å². The smallest absolute Gasteiger partial charge is 0.234 e. The fraction of sp³-hybridized carbons (Fsp3) is 0.929. The number of carbonyl (C=O) groups is 1. The molecule has 0 saturated carbocycles. The van der Waals surface area contributed by atoms with E-state index in [1.54, 1.807) is 0 Å². The van der Waals surface area contributed by atoms with Crippen molar-refractivity contribution in [3.05, 3.63) is 0 Å². The van der Waals surface area contributed by atoms with E-state index in [1.165, 1.54) is 6.42 Å². The quantitative estimate of drug-likeness (QED) is 0.749. The van der Waals surface area contributed by atoms with Crippen LogP contribution in [-0.4, -0.2) is 73.1 Å². The molecule has 19 heavy (non-hydrogen) atoms. The van der Waals surface area contributed by atoms with Crippen LogP contribution >= 0.6 is 0 Å². The van der Waals surface area contributed by atoms with E-state index in [4.69, 9.17) is 0 Å². The Bertz CT molecular complexity index is 299. The van der Waals surface area contributed by atoms with Gasteiger partial charge in [-0.05, 0) is 33.7 Å². The third kappa shape index (κ3) is 4.75. The molecule has 2 aliphatic heterocycles. The largest absolute Gasteiger partial charge is 0.350 e. The summed E-state index contributed by atoms with van der Waals surface area (Å²) in [7, 11) is 0. The number of hydrogen-bond donors (Lipinski definition) is 2. The molecule has 5 nitrogen and oxygen atoms in total. The number of nitrogens with zero attached hydrogens (tertiary/aromatic N) is 2. The lowest BCUT2D eigenvalue weighted by molar-refractivity contribution is -0.124. The van der Waals surface area contributed by atoms with Gasteiger partial charge in [0, 0.05) is 44.3 Å². The molecule has 0 spiro atoms. The number of amides is 1. The van der Waals surface area contributed by atoms with Crippen molar-refractivity contribution in [1.82, 2.24) is 20.4 Å². The summed E-state index contributed by atoms with van der Waals surface area (Å²) < 4.78 is 0. The molecular formula is C14H28N4O. The van der Waals surface area contributed by atoms with Gasteiger partial charge >= 0.3 is 0 Å². The molecule has 0 aromatic rings. The lowest BCUT2D eigenvalue weighted by atomic mass is 10.1. The number of carbonyl (C=O) groups excluding carboxylic acids is 1. The van der Waals surface area contributed by atoms with Gasteiger partial charge in [0.2, 0.25) is 5.91 Å². The molecular weight excluding hydrogens is 240 g/mol. The minimum atomic E-state index is -0.131. The molecule has 1 atom stereocenters. The third-order valence-electron chi connectivity index (χ3n) is 3.84. The first-order valence-electron chi connectivity index (χ1n) is 7.42. The Labute approximate surface area is 116 Å². The van der Waals surface area contributed by atoms with Crippen molar-refractivity contribution in [3.63, 3.8) is 0 Å². The van der Waals surface area contributed by atoms with E-state index in [-0.39, 0.29) is 11.4 Å². The number of nitrogens with one attached hydrogen (secondary N) is 2. The van der Waals surface area contributed by atoms with Crippen LogP contribution in [0, 0.1) is 0 Å². The van der Waals surface area contributed by atoms with E-state index >= 15 is 0 Å². The van der Waals surface area contributed by atoms with Gasteiger partial charge in [0.05, 0.1) is 6.54 Å². The second-order valence-corrected chi connectivity index (χ2v) is 6.76. The summed E-state index contributed by atoms with van der Waals surface area (Å²) in [5, 5.41) is 6.45. The number of rotatable bonds is 3. The Morgan fingerprint density at radius 2 is 1.95 bits per heavy atom. The molecule has 2 aliphatic rings. The molecule has 0 radical (unpaired) electrons. The highest BCUT2D eigenvalue weighted by molar-refractivity contribution is 5.78. The average molecular weight is 268 g/mol. The Morgan fingerprint density at radius 3 is 2.47 bits per heavy atom. The fourth-order valence-electron chi connectivity index (χ4n) is 2.90. The lowest BCUT2D eigenvalue weighted by Gasteiger charge is -2.37. The topological polar surface area (TPSA) is 47.6 Å². The van der Waals surface area contributed by atoms with Crippen molar-refractivity contribution in [2.45, 2.75) is 38.8 Å². The highest BCUT2D eigenvalue weighted by Crippen LogP contribution is 2.11. The maximum absolute atomic E-state index is 11.9. The summed E-state index contributed by atoms with van der Waals surface area (Å²) in [5.41, 5.74) is -0.131. The van der Waals surface area contributed by atoms with Crippen LogP contribution in [0.15, 0.2) is 0 Å². The van der Waals surface area contributed by atoms with Crippen LogP contribution < -0.4 is 10.6 Å². The van der Waals surface area contributed by atoms with Crippen LogP contribution in [0.1, 0.15) is 27.2 Å². The molecule has 0 bridgehead atoms. The molecule has 5 heteroatoms. The van der Waals surface area contributed by atoms with Crippen molar-refractivity contribution in [3.8, 4) is 0 Å². The van der Waals surface area contributed by atoms with Crippen molar-refractivity contribution < 1.29 is 4.79 Å². The van der Waals surface area contributed by atoms with E-state index in [0.29, 0.717) is 12.6 Å². The van der Waals surface area contributed by atoms with Gasteiger partial charge < -0.3 is 10.6 Å². The maximum Gasteiger partial charge on any atom is 0.234 e. The van der Waals surface area contributed by atoms with E-state index in [1.807, 2.05) is 20.8 Å². The Hall–Kier alpha value is -0.650. The average Bonchev–Trinajstić information content (AvgIpc) is 2.80. The Morgan fingerprint density at radius 1 is 1.26 bits per heavy atom. The summed E-state index contributed by atoms with van der Waals surface area (Å²) in [6, 6.07) is 0.713. The first-order valence-corrected chi connectivity index (χ1v) is 7.42. The first kappa shape index (κ1) is 14.8. The highest BCUT2D eigenvalue weighted by Gasteiger charge is 2.27. The number of hydrogen-bond acceptors (Lipinski definition) is 4. The summed E-state index contributed by atoms with van der Waals surface area (Å²) in [5.74, 6) is 0.142. The summed E-state index contributed by atoms with van der Waals surface area (Å²) in [4.78, 5) is 16.7. The van der Waals surface area contributed by atoms with Crippen LogP contribution in [0.2, 0.25) is 0 Å². The number of piperazine rings is 1. The van der Waals surface area contributed by atoms with Crippen molar-refractivity contribution >= 4 is 5.91 Å². The van der Waals surface area contributed by atoms with Gasteiger partial charge in [-0.15, -0.1) is 0 Å². The second kappa shape index (κ2) is 6.20. The van der Waals surface area contributed by atoms with E-state index in [9.17, 15) is 4.79 Å². The van der Waals surface area contributed by atoms with Crippen LogP contribution in [0.25, 0.3) is 0 Å². The zero-order chi connectivity index (χ0) is 13.9. The van der Waals surface area contributed by atoms with Gasteiger partial charge in [0.25, 0.3) is 0 Å². The maximum atomic E-state index is 11.9. The normalized spacial score (nSPS) is 26.6. The molecule has 2 N–H and O–H groups in total. The van der Waals surface area contributed by atoms with Crippen LogP contribution in [0.3, 0.4) is 0 Å². The summed E-state index contributed by atoms with van der Waals surface area (Å²) in [6.07, 6.45) is 1.27. The summed E-state index contributed by atoms with van der Waals surface area (Å²) in [6.45, 7) is 13.1. The molecule has 2 saturated heterocycles. The third-order valence-corrected chi connectivity index (χ3v) is 3.84. The molecule has 2 fully saturated rings. The lowest BCUT2D eigenvalue weighted by Crippen LogP contribution is -2.54. The van der Waals surface area contributed by atoms with Gasteiger partial charge in [-0.1, -0.05) is 0 Å². The zero-order valence-corrected chi connectivity index (χ0v) is 12.5. The van der Waals surface area contributed by atoms with Crippen LogP contribution in [-0.2, 0) is 4.79 Å². The van der Waals surface area contributed by atoms with Crippen molar-refractivity contribution in [1.29, 1.82) is 0 Å². The van der Waals surface area contributed by atoms with Gasteiger partial charge in [-0.25, -0.2) is 0 Å². The standard InChI is InChI=1S/C14H28N4O/c1-14(2,3)16-13(19)11-17-6-8-18(9-7-17)12-4-5-15-10-12/h12,15H,4-11H2,1-3H3,(H,16,19). The van der Waals surface area contributed by atoms with Gasteiger partial charge in [-0.2, -0.15) is 0 Å². The SMILES string of the molecule is CC(C)(C)NC(=O)CN1CCN(C2CCNC2)CC1. The highest BCUT2D eigenvalue weighted by atomic mass is 16.2. The van der Waals surface area contributed by atoms with E-state index in [2.05, 4.69) is 20.4 Å². The Balaban J connectivity index is 1.69. The molecule has 0 aromatic heterocycles. The van der Waals surface area contributed by atoms with Crippen molar-refractivity contribution in [2.75, 3.05) is 45.8 Å². The molecule has 2 heterocycles. The van der Waals surface area contributed by atoms with Gasteiger partial charge in [-0.3, -0.25) is 14.6 Å². The zero-order valence-electron chi connectivity index (χ0n) is 12.5. The molecule has 1 unspecified atom stereocenters. The van der Waals surface area contributed by atoms with E-state index in [0.717, 1.165) is 39.3 Å². The molecule has 0 aromatic carbocycles. The van der Waals surface area contributed by atoms with Crippen molar-refractivity contribution in [2.24, 2.45) is 0 Å². The van der Waals surface area contributed by atoms with Crippen LogP contribution in [0.4, 0.5) is 0 Å². The fourth-order valence-corrected chi connectivity index (χ4v) is 2.90. The molecule has 1 amide bonds. The van der Waals surface area contributed by atoms with Gasteiger partial charge in [0.1, 0.15) is 0 Å². The predicted octanol–water partition coefficient (Wildman–Crippen LogP) is -0.119. The molecule has 2 rings (SSSR count). The summed E-state index contributed by atoms with van der Waals surface area (Å²) >= 11 is 0. The molecule has 110 valence electrons. The van der Waals surface area contributed by atoms with Gasteiger partial charge in [0.15, 0.2) is 0 Å². The monoisotopic (exact) mass is 268 g/mol. The predicted molar refractivity (Wildman–Crippen MR) is 77.2 cm³/mol. The molecule has 0 aliphatic carbocycles. The Kier molecular flexibility index (Phi) is 4.81.